The molecular formula is C63H78N8O9. The summed E-state index contributed by atoms with van der Waals surface area (Å²) in [6.07, 6.45) is 15.6. The van der Waals surface area contributed by atoms with Gasteiger partial charge in [-0.2, -0.15) is 0 Å². The number of aldehydes is 2. The number of nitrogens with one attached hydrogen (secondary N) is 4. The first kappa shape index (κ1) is 60.3. The van der Waals surface area contributed by atoms with E-state index in [2.05, 4.69) is 110 Å². The molecule has 17 heteroatoms. The number of hydrogen-bond donors (Lipinski definition) is 4. The van der Waals surface area contributed by atoms with Crippen LogP contribution >= 0.6 is 0 Å². The van der Waals surface area contributed by atoms with Gasteiger partial charge in [-0.1, -0.05) is 110 Å². The molecule has 17 nitrogen and oxygen atoms in total. The van der Waals surface area contributed by atoms with Crippen LogP contribution in [0.15, 0.2) is 114 Å². The molecule has 4 N–H and O–H groups in total. The lowest BCUT2D eigenvalue weighted by atomic mass is 9.95. The van der Waals surface area contributed by atoms with Crippen LogP contribution in [0.25, 0.3) is 33.4 Å². The van der Waals surface area contributed by atoms with E-state index in [1.165, 1.54) is 26.3 Å². The van der Waals surface area contributed by atoms with Crippen molar-refractivity contribution in [1.82, 2.24) is 35.0 Å². The number of allylic oxidation sites excluding steroid dienone is 1. The summed E-state index contributed by atoms with van der Waals surface area (Å²) in [4.78, 5) is 65.8. The number of benzene rings is 3. The fraction of sp³-hybridized carbons (Fsp3) is 0.444. The zero-order chi connectivity index (χ0) is 56.3. The van der Waals surface area contributed by atoms with E-state index in [4.69, 9.17) is 23.9 Å². The molecule has 5 aromatic rings. The lowest BCUT2D eigenvalue weighted by Gasteiger charge is -2.24. The molecule has 1 aliphatic heterocycles. The van der Waals surface area contributed by atoms with Crippen LogP contribution in [0.3, 0.4) is 0 Å². The van der Waals surface area contributed by atoms with E-state index in [-0.39, 0.29) is 18.7 Å². The third-order valence-corrected chi connectivity index (χ3v) is 14.3. The number of aromatic nitrogens is 3. The van der Waals surface area contributed by atoms with E-state index in [1.54, 1.807) is 0 Å². The third-order valence-electron chi connectivity index (χ3n) is 14.3. The topological polar surface area (TPSA) is 208 Å². The highest BCUT2D eigenvalue weighted by atomic mass is 16.6. The Hall–Kier alpha value is -7.33. The van der Waals surface area contributed by atoms with Crippen molar-refractivity contribution in [3.8, 4) is 34.2 Å². The molecule has 8 rings (SSSR count). The fourth-order valence-corrected chi connectivity index (χ4v) is 10.3. The molecular weight excluding hydrogens is 1010 g/mol. The Morgan fingerprint density at radius 2 is 1.49 bits per heavy atom. The molecule has 3 aliphatic rings. The summed E-state index contributed by atoms with van der Waals surface area (Å²) in [5.74, 6) is 5.37. The van der Waals surface area contributed by atoms with Gasteiger partial charge in [0.05, 0.1) is 81.9 Å². The number of likely N-dealkylation sites (N-methyl/N-ethyl adjacent to an activating group) is 1. The molecule has 0 bridgehead atoms. The maximum atomic E-state index is 13.1. The second kappa shape index (κ2) is 32.7. The van der Waals surface area contributed by atoms with Crippen LogP contribution < -0.4 is 21.4 Å². The summed E-state index contributed by atoms with van der Waals surface area (Å²) < 4.78 is 26.2. The minimum absolute atomic E-state index is 0.0445. The number of carbonyl (C=O) groups excluding carboxylic acids is 5. The number of rotatable bonds is 30. The molecule has 1 atom stereocenters. The molecule has 1 saturated carbocycles. The third kappa shape index (κ3) is 16.6. The summed E-state index contributed by atoms with van der Waals surface area (Å²) in [7, 11) is 3.37. The maximum Gasteiger partial charge on any atom is 0.263 e. The quantitative estimate of drug-likeness (QED) is 0.0152. The van der Waals surface area contributed by atoms with Gasteiger partial charge in [0.2, 0.25) is 5.91 Å². The van der Waals surface area contributed by atoms with Crippen LogP contribution in [0.5, 0.6) is 0 Å². The zero-order valence-corrected chi connectivity index (χ0v) is 46.5. The van der Waals surface area contributed by atoms with E-state index in [1.807, 2.05) is 31.6 Å². The van der Waals surface area contributed by atoms with Gasteiger partial charge in [-0.25, -0.2) is 4.98 Å². The van der Waals surface area contributed by atoms with Crippen LogP contribution in [-0.4, -0.2) is 135 Å². The first-order valence-corrected chi connectivity index (χ1v) is 28.3. The number of amides is 3. The maximum absolute atomic E-state index is 13.1. The lowest BCUT2D eigenvalue weighted by Crippen LogP contribution is -2.43. The molecule has 424 valence electrons. The van der Waals surface area contributed by atoms with E-state index >= 15 is 0 Å². The Morgan fingerprint density at radius 1 is 0.812 bits per heavy atom. The molecule has 1 fully saturated rings. The number of imide groups is 1. The average molecular weight is 1090 g/mol. The molecule has 3 heterocycles. The number of nitrogens with zero attached hydrogens (tertiary/aromatic N) is 4. The smallest absolute Gasteiger partial charge is 0.263 e. The predicted octanol–water partition coefficient (Wildman–Crippen LogP) is 7.61. The van der Waals surface area contributed by atoms with Gasteiger partial charge in [0.15, 0.2) is 0 Å². The molecule has 1 unspecified atom stereocenters. The fourth-order valence-electron chi connectivity index (χ4n) is 10.3. The number of ether oxygens (including phenoxy) is 4. The first-order valence-electron chi connectivity index (χ1n) is 28.3. The molecule has 0 spiro atoms. The van der Waals surface area contributed by atoms with E-state index < -0.39 is 17.9 Å². The molecule has 80 heavy (non-hydrogen) atoms. The van der Waals surface area contributed by atoms with Crippen molar-refractivity contribution >= 4 is 41.3 Å². The Bertz CT molecular complexity index is 3020. The van der Waals surface area contributed by atoms with Gasteiger partial charge in [0.25, 0.3) is 11.8 Å². The average Bonchev–Trinajstić information content (AvgIpc) is 4.17. The number of fused-ring (bicyclic) bond motifs is 1. The summed E-state index contributed by atoms with van der Waals surface area (Å²) in [6.45, 7) is 5.81. The summed E-state index contributed by atoms with van der Waals surface area (Å²) in [5, 5.41) is 19.1. The predicted molar refractivity (Wildman–Crippen MR) is 308 cm³/mol. The molecule has 2 aliphatic carbocycles. The van der Waals surface area contributed by atoms with Gasteiger partial charge in [0.1, 0.15) is 23.7 Å². The number of hydrogen-bond acceptors (Lipinski definition) is 13. The van der Waals surface area contributed by atoms with Crippen LogP contribution in [0.2, 0.25) is 0 Å². The number of unbranched alkanes of at least 4 members (excludes halogenated alkanes) is 3. The summed E-state index contributed by atoms with van der Waals surface area (Å²) >= 11 is 0. The van der Waals surface area contributed by atoms with Crippen LogP contribution in [0.4, 0.5) is 0 Å². The van der Waals surface area contributed by atoms with Crippen molar-refractivity contribution in [2.75, 3.05) is 80.0 Å². The van der Waals surface area contributed by atoms with Gasteiger partial charge in [0, 0.05) is 74.4 Å². The summed E-state index contributed by atoms with van der Waals surface area (Å²) in [6, 6.07) is 28.8. The lowest BCUT2D eigenvalue weighted by molar-refractivity contribution is -0.143. The van der Waals surface area contributed by atoms with Gasteiger partial charge < -0.3 is 53.6 Å². The minimum Gasteiger partial charge on any atom is -0.382 e. The monoisotopic (exact) mass is 1090 g/mol. The molecule has 2 aromatic heterocycles. The van der Waals surface area contributed by atoms with Crippen molar-refractivity contribution in [3.05, 3.63) is 131 Å². The number of carbonyl (C=O) groups is 5. The van der Waals surface area contributed by atoms with E-state index in [9.17, 15) is 29.4 Å². The first-order chi connectivity index (χ1) is 39.3. The molecule has 3 amide bonds. The van der Waals surface area contributed by atoms with Gasteiger partial charge in [-0.15, -0.1) is 0 Å². The van der Waals surface area contributed by atoms with Gasteiger partial charge in [-0.05, 0) is 80.8 Å². The van der Waals surface area contributed by atoms with Crippen LogP contribution in [-0.2, 0) is 49.5 Å². The van der Waals surface area contributed by atoms with Crippen molar-refractivity contribution < 1.29 is 42.9 Å². The van der Waals surface area contributed by atoms with Gasteiger partial charge >= 0.3 is 0 Å². The zero-order valence-electron chi connectivity index (χ0n) is 46.5. The second-order valence-electron chi connectivity index (χ2n) is 19.8. The Balaban J connectivity index is 0.000000234. The largest absolute Gasteiger partial charge is 0.382 e. The Kier molecular flexibility index (Phi) is 24.6. The van der Waals surface area contributed by atoms with E-state index in [0.717, 1.165) is 94.4 Å². The highest BCUT2D eigenvalue weighted by molar-refractivity contribution is 6.22. The van der Waals surface area contributed by atoms with Crippen molar-refractivity contribution in [2.24, 2.45) is 0 Å². The minimum atomic E-state index is -0.977. The molecule has 0 radical (unpaired) electrons. The molecule has 0 saturated heterocycles. The highest BCUT2D eigenvalue weighted by Crippen LogP contribution is 2.40. The van der Waals surface area contributed by atoms with Crippen molar-refractivity contribution in [1.29, 1.82) is 5.41 Å². The van der Waals surface area contributed by atoms with E-state index in [0.29, 0.717) is 120 Å². The Labute approximate surface area is 470 Å². The normalized spacial score (nSPS) is 14.7. The Morgan fingerprint density at radius 3 is 2.15 bits per heavy atom. The summed E-state index contributed by atoms with van der Waals surface area (Å²) in [5.41, 5.74) is 9.13. The highest BCUT2D eigenvalue weighted by Gasteiger charge is 2.44. The SMILES string of the molecule is CNCCOCCOCCOCCOCCNC1=CCCC2=C1C(=O)N(C(C=O)CCC(=O)NC)C2=O.N=c1c2c(-c3ccccc3)c(-c3ccccc3)n(Cc3cccc(C#CCCCCC=O)c3)c2ncn1C1CCCCC1. The second-order valence-corrected chi connectivity index (χ2v) is 19.8. The van der Waals surface area contributed by atoms with Crippen molar-refractivity contribution in [2.45, 2.75) is 102 Å². The van der Waals surface area contributed by atoms with Crippen LogP contribution in [0.1, 0.15) is 101 Å². The standard InChI is InChI=1S/C38H38N4O.C25H40N4O8/c39-37-35-34(31-19-8-4-9-20-31)36(32-21-10-5-11-22-32)41(38(35)40-28-42(37)33-23-12-6-13-24-33)27-30-18-15-17-29(26-30)16-7-2-1-3-14-25-43;1-26-8-10-34-12-14-36-16-17-37-15-13-35-11-9-28-21-5-3-4-20-23(21)25(33)29(24(20)32)19(18-30)6-7-22(31)27-2/h4-5,8-11,15,17-22,25-26,28,33,39H,1-3,6,12-14,23-24,27H2;5,18-19,26,28H,3-4,6-17H2,1-2H3,(H,27,31). The van der Waals surface area contributed by atoms with Crippen molar-refractivity contribution in [3.63, 3.8) is 0 Å². The molecule has 3 aromatic carbocycles. The van der Waals surface area contributed by atoms with Gasteiger partial charge in [-0.3, -0.25) is 24.7 Å². The van der Waals surface area contributed by atoms with Crippen LogP contribution in [0, 0.1) is 17.3 Å².